The fraction of sp³-hybridized carbons (Fsp3) is 0.917. The van der Waals surface area contributed by atoms with Crippen LogP contribution in [0.3, 0.4) is 0 Å². The molecule has 0 heterocycles. The third kappa shape index (κ3) is 7.99. The number of thioether (sulfide) groups is 1. The van der Waals surface area contributed by atoms with Gasteiger partial charge >= 0.3 is 0 Å². The second-order valence-corrected chi connectivity index (χ2v) is 6.96. The van der Waals surface area contributed by atoms with E-state index in [1.807, 2.05) is 13.8 Å². The van der Waals surface area contributed by atoms with Crippen LogP contribution in [-0.2, 0) is 4.79 Å². The van der Waals surface area contributed by atoms with Crippen molar-refractivity contribution < 1.29 is 9.90 Å². The first-order valence-electron chi connectivity index (χ1n) is 5.85. The molecule has 2 unspecified atom stereocenters. The van der Waals surface area contributed by atoms with Crippen LogP contribution in [0.4, 0.5) is 0 Å². The Morgan fingerprint density at radius 2 is 2.00 bits per heavy atom. The maximum absolute atomic E-state index is 11.5. The molecule has 0 aromatic heterocycles. The highest BCUT2D eigenvalue weighted by molar-refractivity contribution is 8.01. The fourth-order valence-corrected chi connectivity index (χ4v) is 1.69. The minimum Gasteiger partial charge on any atom is -0.391 e. The van der Waals surface area contributed by atoms with Crippen molar-refractivity contribution in [1.29, 1.82) is 0 Å². The van der Waals surface area contributed by atoms with Gasteiger partial charge in [0, 0.05) is 11.3 Å². The molecule has 0 saturated carbocycles. The molecule has 0 saturated heterocycles. The highest BCUT2D eigenvalue weighted by Crippen LogP contribution is 2.22. The van der Waals surface area contributed by atoms with Crippen molar-refractivity contribution in [2.24, 2.45) is 5.92 Å². The molecule has 2 atom stereocenters. The van der Waals surface area contributed by atoms with Crippen molar-refractivity contribution in [3.05, 3.63) is 0 Å². The molecule has 0 rings (SSSR count). The molecular weight excluding hydrogens is 222 g/mol. The molecule has 0 bridgehead atoms. The Hall–Kier alpha value is -0.220. The number of carbonyl (C=O) groups excluding carboxylic acids is 1. The van der Waals surface area contributed by atoms with Gasteiger partial charge in [0.2, 0.25) is 5.91 Å². The summed E-state index contributed by atoms with van der Waals surface area (Å²) in [6.45, 7) is 10.6. The zero-order valence-electron chi connectivity index (χ0n) is 11.0. The molecule has 1 amide bonds. The first-order valence-corrected chi connectivity index (χ1v) is 6.83. The van der Waals surface area contributed by atoms with E-state index in [4.69, 9.17) is 0 Å². The van der Waals surface area contributed by atoms with Crippen LogP contribution in [0.25, 0.3) is 0 Å². The lowest BCUT2D eigenvalue weighted by atomic mass is 10.0. The summed E-state index contributed by atoms with van der Waals surface area (Å²) in [5.74, 6) is 0.689. The van der Waals surface area contributed by atoms with Gasteiger partial charge in [0.05, 0.1) is 11.9 Å². The van der Waals surface area contributed by atoms with Crippen molar-refractivity contribution in [3.63, 3.8) is 0 Å². The van der Waals surface area contributed by atoms with E-state index in [0.29, 0.717) is 12.3 Å². The summed E-state index contributed by atoms with van der Waals surface area (Å²) in [6, 6.07) is 0. The number of aliphatic hydroxyl groups is 1. The highest BCUT2D eigenvalue weighted by atomic mass is 32.2. The van der Waals surface area contributed by atoms with Gasteiger partial charge in [0.1, 0.15) is 0 Å². The molecule has 0 spiro atoms. The third-order valence-electron chi connectivity index (χ3n) is 2.45. The average Bonchev–Trinajstić information content (AvgIpc) is 2.20. The smallest absolute Gasteiger partial charge is 0.230 e. The lowest BCUT2D eigenvalue weighted by Crippen LogP contribution is -2.36. The second kappa shape index (κ2) is 7.17. The minimum atomic E-state index is -0.436. The zero-order valence-corrected chi connectivity index (χ0v) is 11.9. The van der Waals surface area contributed by atoms with Crippen LogP contribution in [0.2, 0.25) is 0 Å². The van der Waals surface area contributed by atoms with Gasteiger partial charge in [-0.3, -0.25) is 4.79 Å². The summed E-state index contributed by atoms with van der Waals surface area (Å²) in [4.78, 5) is 11.5. The standard InChI is InChI=1S/C12H25NO2S/c1-6-9(2)10(14)7-13-11(15)8-16-12(3,4)5/h9-10,14H,6-8H2,1-5H3,(H,13,15). The summed E-state index contributed by atoms with van der Waals surface area (Å²) in [5.41, 5.74) is 0. The number of rotatable bonds is 6. The molecular formula is C12H25NO2S. The maximum atomic E-state index is 11.5. The van der Waals surface area contributed by atoms with Crippen molar-refractivity contribution in [1.82, 2.24) is 5.32 Å². The Morgan fingerprint density at radius 1 is 1.44 bits per heavy atom. The number of amides is 1. The van der Waals surface area contributed by atoms with Gasteiger partial charge in [0.15, 0.2) is 0 Å². The Labute approximate surface area is 103 Å². The monoisotopic (exact) mass is 247 g/mol. The lowest BCUT2D eigenvalue weighted by Gasteiger charge is -2.19. The fourth-order valence-electron chi connectivity index (χ4n) is 1.02. The van der Waals surface area contributed by atoms with Gasteiger partial charge in [-0.1, -0.05) is 41.0 Å². The molecule has 0 aromatic carbocycles. The van der Waals surface area contributed by atoms with Crippen LogP contribution in [-0.4, -0.2) is 34.2 Å². The molecule has 0 aliphatic rings. The van der Waals surface area contributed by atoms with E-state index in [-0.39, 0.29) is 16.6 Å². The topological polar surface area (TPSA) is 49.3 Å². The first kappa shape index (κ1) is 15.8. The quantitative estimate of drug-likeness (QED) is 0.755. The summed E-state index contributed by atoms with van der Waals surface area (Å²) in [5, 5.41) is 12.4. The van der Waals surface area contributed by atoms with Crippen LogP contribution < -0.4 is 5.32 Å². The van der Waals surface area contributed by atoms with Crippen molar-refractivity contribution in [2.75, 3.05) is 12.3 Å². The van der Waals surface area contributed by atoms with Crippen molar-refractivity contribution in [2.45, 2.75) is 51.9 Å². The summed E-state index contributed by atoms with van der Waals surface area (Å²) >= 11 is 1.61. The van der Waals surface area contributed by atoms with Gasteiger partial charge in [0.25, 0.3) is 0 Å². The number of hydrogen-bond donors (Lipinski definition) is 2. The Balaban J connectivity index is 3.73. The molecule has 2 N–H and O–H groups in total. The second-order valence-electron chi connectivity index (χ2n) is 5.16. The SMILES string of the molecule is CCC(C)C(O)CNC(=O)CSC(C)(C)C. The molecule has 0 fully saturated rings. The summed E-state index contributed by atoms with van der Waals surface area (Å²) in [6.07, 6.45) is 0.488. The van der Waals surface area contributed by atoms with Crippen LogP contribution in [0.15, 0.2) is 0 Å². The van der Waals surface area contributed by atoms with Gasteiger partial charge in [-0.05, 0) is 5.92 Å². The number of hydrogen-bond acceptors (Lipinski definition) is 3. The van der Waals surface area contributed by atoms with E-state index in [1.54, 1.807) is 11.8 Å². The van der Waals surface area contributed by atoms with Gasteiger partial charge in [-0.2, -0.15) is 0 Å². The normalized spacial score (nSPS) is 15.6. The zero-order chi connectivity index (χ0) is 12.8. The largest absolute Gasteiger partial charge is 0.391 e. The molecule has 0 aliphatic heterocycles. The van der Waals surface area contributed by atoms with Gasteiger partial charge in [-0.25, -0.2) is 0 Å². The third-order valence-corrected chi connectivity index (χ3v) is 3.72. The lowest BCUT2D eigenvalue weighted by molar-refractivity contribution is -0.119. The van der Waals surface area contributed by atoms with Gasteiger partial charge in [-0.15, -0.1) is 11.8 Å². The molecule has 0 aromatic rings. The predicted molar refractivity (Wildman–Crippen MR) is 70.7 cm³/mol. The van der Waals surface area contributed by atoms with Crippen LogP contribution in [0.1, 0.15) is 41.0 Å². The number of aliphatic hydroxyl groups excluding tert-OH is 1. The summed E-state index contributed by atoms with van der Waals surface area (Å²) in [7, 11) is 0. The molecule has 0 radical (unpaired) electrons. The van der Waals surface area contributed by atoms with E-state index in [9.17, 15) is 9.90 Å². The van der Waals surface area contributed by atoms with E-state index in [0.717, 1.165) is 6.42 Å². The van der Waals surface area contributed by atoms with Crippen LogP contribution >= 0.6 is 11.8 Å². The number of carbonyl (C=O) groups is 1. The minimum absolute atomic E-state index is 0.00211. The van der Waals surface area contributed by atoms with Crippen LogP contribution in [0.5, 0.6) is 0 Å². The Bertz CT molecular complexity index is 214. The van der Waals surface area contributed by atoms with Gasteiger partial charge < -0.3 is 10.4 Å². The van der Waals surface area contributed by atoms with E-state index in [1.165, 1.54) is 0 Å². The molecule has 16 heavy (non-hydrogen) atoms. The van der Waals surface area contributed by atoms with Crippen molar-refractivity contribution in [3.8, 4) is 0 Å². The molecule has 4 heteroatoms. The molecule has 96 valence electrons. The van der Waals surface area contributed by atoms with E-state index < -0.39 is 6.10 Å². The van der Waals surface area contributed by atoms with Crippen LogP contribution in [0, 0.1) is 5.92 Å². The summed E-state index contributed by atoms with van der Waals surface area (Å²) < 4.78 is 0.104. The molecule has 0 aliphatic carbocycles. The van der Waals surface area contributed by atoms with E-state index >= 15 is 0 Å². The van der Waals surface area contributed by atoms with E-state index in [2.05, 4.69) is 26.1 Å². The highest BCUT2D eigenvalue weighted by Gasteiger charge is 2.15. The first-order chi connectivity index (χ1) is 7.26. The molecule has 3 nitrogen and oxygen atoms in total. The Kier molecular flexibility index (Phi) is 7.07. The van der Waals surface area contributed by atoms with Crippen molar-refractivity contribution >= 4 is 17.7 Å². The predicted octanol–water partition coefficient (Wildman–Crippen LogP) is 2.04. The maximum Gasteiger partial charge on any atom is 0.230 e. The average molecular weight is 247 g/mol. The number of nitrogens with one attached hydrogen (secondary N) is 1. The Morgan fingerprint density at radius 3 is 2.44 bits per heavy atom.